The van der Waals surface area contributed by atoms with Gasteiger partial charge in [0.25, 0.3) is 10.0 Å². The molecule has 0 aliphatic carbocycles. The lowest BCUT2D eigenvalue weighted by molar-refractivity contribution is 0.449. The van der Waals surface area contributed by atoms with E-state index in [-0.39, 0.29) is 4.90 Å². The van der Waals surface area contributed by atoms with Gasteiger partial charge in [0.2, 0.25) is 0 Å². The smallest absolute Gasteiger partial charge is 0.262 e. The SMILES string of the molecule is Cc1cc(N)ccc1S(=O)(=O)Nc1ccc(F)c(F)c1F. The molecule has 0 atom stereocenters. The van der Waals surface area contributed by atoms with Crippen LogP contribution in [0.15, 0.2) is 35.2 Å². The number of benzene rings is 2. The second-order valence-corrected chi connectivity index (χ2v) is 6.00. The van der Waals surface area contributed by atoms with Gasteiger partial charge in [0.15, 0.2) is 17.5 Å². The van der Waals surface area contributed by atoms with E-state index in [0.717, 1.165) is 6.07 Å². The van der Waals surface area contributed by atoms with Gasteiger partial charge in [0.1, 0.15) is 0 Å². The van der Waals surface area contributed by atoms with Gasteiger partial charge in [-0.2, -0.15) is 0 Å². The molecule has 0 saturated heterocycles. The van der Waals surface area contributed by atoms with Crippen LogP contribution in [0.4, 0.5) is 24.5 Å². The number of nitrogens with one attached hydrogen (secondary N) is 1. The van der Waals surface area contributed by atoms with Crippen LogP contribution in [0, 0.1) is 24.4 Å². The summed E-state index contributed by atoms with van der Waals surface area (Å²) >= 11 is 0. The van der Waals surface area contributed by atoms with Gasteiger partial charge >= 0.3 is 0 Å². The molecule has 0 aliphatic heterocycles. The maximum absolute atomic E-state index is 13.5. The molecule has 2 rings (SSSR count). The fraction of sp³-hybridized carbons (Fsp3) is 0.0769. The van der Waals surface area contributed by atoms with Crippen LogP contribution in [0.5, 0.6) is 0 Å². The number of nitrogen functional groups attached to an aromatic ring is 1. The molecule has 0 aromatic heterocycles. The summed E-state index contributed by atoms with van der Waals surface area (Å²) < 4.78 is 65.6. The van der Waals surface area contributed by atoms with E-state index in [4.69, 9.17) is 5.73 Å². The third kappa shape index (κ3) is 2.94. The van der Waals surface area contributed by atoms with Crippen LogP contribution in [0.25, 0.3) is 0 Å². The van der Waals surface area contributed by atoms with Gasteiger partial charge in [-0.25, -0.2) is 21.6 Å². The molecule has 21 heavy (non-hydrogen) atoms. The Labute approximate surface area is 119 Å². The van der Waals surface area contributed by atoms with Crippen LogP contribution < -0.4 is 10.5 Å². The zero-order chi connectivity index (χ0) is 15.8. The van der Waals surface area contributed by atoms with E-state index in [1.807, 2.05) is 4.72 Å². The molecule has 0 bridgehead atoms. The molecule has 0 fully saturated rings. The lowest BCUT2D eigenvalue weighted by atomic mass is 10.2. The first-order chi connectivity index (χ1) is 9.72. The van der Waals surface area contributed by atoms with Crippen molar-refractivity contribution >= 4 is 21.4 Å². The molecule has 0 aliphatic rings. The molecule has 8 heteroatoms. The molecule has 0 saturated carbocycles. The summed E-state index contributed by atoms with van der Waals surface area (Å²) in [5.41, 5.74) is 5.55. The molecule has 0 spiro atoms. The van der Waals surface area contributed by atoms with E-state index < -0.39 is 33.2 Å². The van der Waals surface area contributed by atoms with Gasteiger partial charge in [-0.15, -0.1) is 0 Å². The van der Waals surface area contributed by atoms with E-state index in [2.05, 4.69) is 0 Å². The van der Waals surface area contributed by atoms with Crippen molar-refractivity contribution in [2.75, 3.05) is 10.5 Å². The van der Waals surface area contributed by atoms with E-state index in [9.17, 15) is 21.6 Å². The van der Waals surface area contributed by atoms with Gasteiger partial charge in [-0.3, -0.25) is 4.72 Å². The average Bonchev–Trinajstić information content (AvgIpc) is 2.39. The number of aryl methyl sites for hydroxylation is 1. The number of rotatable bonds is 3. The lowest BCUT2D eigenvalue weighted by Crippen LogP contribution is -2.16. The minimum absolute atomic E-state index is 0.138. The maximum atomic E-state index is 13.5. The fourth-order valence-electron chi connectivity index (χ4n) is 1.78. The summed E-state index contributed by atoms with van der Waals surface area (Å²) in [6.45, 7) is 1.51. The monoisotopic (exact) mass is 316 g/mol. The molecule has 0 unspecified atom stereocenters. The highest BCUT2D eigenvalue weighted by atomic mass is 32.2. The topological polar surface area (TPSA) is 72.2 Å². The van der Waals surface area contributed by atoms with Gasteiger partial charge in [-0.05, 0) is 42.8 Å². The summed E-state index contributed by atoms with van der Waals surface area (Å²) in [7, 11) is -4.15. The Morgan fingerprint density at radius 2 is 1.71 bits per heavy atom. The number of anilines is 2. The molecule has 0 radical (unpaired) electrons. The zero-order valence-corrected chi connectivity index (χ0v) is 11.6. The summed E-state index contributed by atoms with van der Waals surface area (Å²) in [5.74, 6) is -4.75. The second kappa shape index (κ2) is 5.28. The largest absolute Gasteiger partial charge is 0.399 e. The third-order valence-electron chi connectivity index (χ3n) is 2.77. The van der Waals surface area contributed by atoms with Gasteiger partial charge in [0, 0.05) is 5.69 Å². The predicted octanol–water partition coefficient (Wildman–Crippen LogP) is 2.80. The number of hydrogen-bond acceptors (Lipinski definition) is 3. The first-order valence-electron chi connectivity index (χ1n) is 5.75. The van der Waals surface area contributed by atoms with E-state index in [1.54, 1.807) is 0 Å². The Bertz CT molecular complexity index is 807. The Morgan fingerprint density at radius 1 is 1.05 bits per heavy atom. The van der Waals surface area contributed by atoms with E-state index >= 15 is 0 Å². The van der Waals surface area contributed by atoms with Crippen LogP contribution >= 0.6 is 0 Å². The van der Waals surface area contributed by atoms with Gasteiger partial charge < -0.3 is 5.73 Å². The summed E-state index contributed by atoms with van der Waals surface area (Å²) in [6.07, 6.45) is 0. The van der Waals surface area contributed by atoms with Crippen molar-refractivity contribution in [2.24, 2.45) is 0 Å². The van der Waals surface area contributed by atoms with Crippen molar-refractivity contribution in [1.29, 1.82) is 0 Å². The van der Waals surface area contributed by atoms with Crippen LogP contribution in [-0.4, -0.2) is 8.42 Å². The quantitative estimate of drug-likeness (QED) is 0.675. The average molecular weight is 316 g/mol. The number of hydrogen-bond donors (Lipinski definition) is 2. The minimum Gasteiger partial charge on any atom is -0.399 e. The highest BCUT2D eigenvalue weighted by Crippen LogP contribution is 2.24. The number of sulfonamides is 1. The molecular weight excluding hydrogens is 305 g/mol. The second-order valence-electron chi connectivity index (χ2n) is 4.35. The van der Waals surface area contributed by atoms with Crippen molar-refractivity contribution in [1.82, 2.24) is 0 Å². The van der Waals surface area contributed by atoms with Crippen molar-refractivity contribution in [3.63, 3.8) is 0 Å². The fourth-order valence-corrected chi connectivity index (χ4v) is 3.07. The highest BCUT2D eigenvalue weighted by molar-refractivity contribution is 7.92. The standard InChI is InChI=1S/C13H11F3N2O2S/c1-7-6-8(17)2-5-11(7)21(19,20)18-10-4-3-9(14)12(15)13(10)16/h2-6,18H,17H2,1H3. The Kier molecular flexibility index (Phi) is 3.82. The molecule has 112 valence electrons. The van der Waals surface area contributed by atoms with Crippen LogP contribution in [-0.2, 0) is 10.0 Å². The first-order valence-corrected chi connectivity index (χ1v) is 7.23. The van der Waals surface area contributed by atoms with Crippen LogP contribution in [0.2, 0.25) is 0 Å². The van der Waals surface area contributed by atoms with Crippen LogP contribution in [0.1, 0.15) is 5.56 Å². The molecule has 2 aromatic carbocycles. The molecule has 2 aromatic rings. The molecule has 0 heterocycles. The lowest BCUT2D eigenvalue weighted by Gasteiger charge is -2.11. The molecule has 0 amide bonds. The maximum Gasteiger partial charge on any atom is 0.262 e. The first kappa shape index (κ1) is 15.2. The Balaban J connectivity index is 2.45. The van der Waals surface area contributed by atoms with E-state index in [1.165, 1.54) is 25.1 Å². The summed E-state index contributed by atoms with van der Waals surface area (Å²) in [4.78, 5) is -0.138. The van der Waals surface area contributed by atoms with E-state index in [0.29, 0.717) is 17.3 Å². The van der Waals surface area contributed by atoms with Crippen molar-refractivity contribution in [3.8, 4) is 0 Å². The summed E-state index contributed by atoms with van der Waals surface area (Å²) in [6, 6.07) is 5.47. The minimum atomic E-state index is -4.15. The zero-order valence-electron chi connectivity index (χ0n) is 10.8. The van der Waals surface area contributed by atoms with Gasteiger partial charge in [0.05, 0.1) is 10.6 Å². The van der Waals surface area contributed by atoms with Crippen molar-refractivity contribution in [2.45, 2.75) is 11.8 Å². The molecule has 4 nitrogen and oxygen atoms in total. The number of nitrogens with two attached hydrogens (primary N) is 1. The normalized spacial score (nSPS) is 11.4. The van der Waals surface area contributed by atoms with Crippen molar-refractivity contribution < 1.29 is 21.6 Å². The highest BCUT2D eigenvalue weighted by Gasteiger charge is 2.21. The summed E-state index contributed by atoms with van der Waals surface area (Å²) in [5, 5.41) is 0. The molecule has 3 N–H and O–H groups in total. The predicted molar refractivity (Wildman–Crippen MR) is 72.7 cm³/mol. The third-order valence-corrected chi connectivity index (χ3v) is 4.29. The van der Waals surface area contributed by atoms with Crippen molar-refractivity contribution in [3.05, 3.63) is 53.3 Å². The van der Waals surface area contributed by atoms with Gasteiger partial charge in [-0.1, -0.05) is 0 Å². The van der Waals surface area contributed by atoms with Crippen LogP contribution in [0.3, 0.4) is 0 Å². The Hall–Kier alpha value is -2.22. The molecular formula is C13H11F3N2O2S. The Morgan fingerprint density at radius 3 is 2.33 bits per heavy atom. The number of halogens is 3.